The number of nitrogens with two attached hydrogens (primary N) is 1. The van der Waals surface area contributed by atoms with Crippen LogP contribution in [0.25, 0.3) is 0 Å². The summed E-state index contributed by atoms with van der Waals surface area (Å²) in [5, 5.41) is 9.14. The summed E-state index contributed by atoms with van der Waals surface area (Å²) >= 11 is 0. The number of rotatable bonds is 4. The number of aromatic carboxylic acids is 1. The summed E-state index contributed by atoms with van der Waals surface area (Å²) in [5.74, 6) is -1.34. The van der Waals surface area contributed by atoms with E-state index in [9.17, 15) is 13.2 Å². The zero-order chi connectivity index (χ0) is 15.6. The Balaban J connectivity index is 2.59. The summed E-state index contributed by atoms with van der Waals surface area (Å²) in [7, 11) is -2.71. The second kappa shape index (κ2) is 5.41. The Morgan fingerprint density at radius 1 is 1.24 bits per heavy atom. The molecule has 0 aliphatic rings. The van der Waals surface area contributed by atoms with Crippen molar-refractivity contribution in [2.24, 2.45) is 0 Å². The van der Waals surface area contributed by atoms with Gasteiger partial charge in [-0.3, -0.25) is 9.29 Å². The number of nitrogens with zero attached hydrogens (tertiary/aromatic N) is 2. The fourth-order valence-electron chi connectivity index (χ4n) is 1.77. The minimum Gasteiger partial charge on any atom is -0.478 e. The molecule has 21 heavy (non-hydrogen) atoms. The Labute approximate surface area is 121 Å². The second-order valence-corrected chi connectivity index (χ2v) is 6.18. The van der Waals surface area contributed by atoms with Crippen LogP contribution in [0.3, 0.4) is 0 Å². The average molecular weight is 307 g/mol. The predicted molar refractivity (Wildman–Crippen MR) is 77.6 cm³/mol. The van der Waals surface area contributed by atoms with Crippen LogP contribution in [0, 0.1) is 0 Å². The summed E-state index contributed by atoms with van der Waals surface area (Å²) in [6, 6.07) is 6.66. The first kappa shape index (κ1) is 14.8. The molecule has 0 bridgehead atoms. The molecular formula is C13H13N3O4S. The van der Waals surface area contributed by atoms with Gasteiger partial charge in [-0.15, -0.1) is 0 Å². The van der Waals surface area contributed by atoms with Crippen LogP contribution in [0.5, 0.6) is 0 Å². The van der Waals surface area contributed by atoms with E-state index >= 15 is 0 Å². The van der Waals surface area contributed by atoms with Crippen molar-refractivity contribution in [3.63, 3.8) is 0 Å². The van der Waals surface area contributed by atoms with Gasteiger partial charge in [0.2, 0.25) is 0 Å². The van der Waals surface area contributed by atoms with Crippen LogP contribution in [-0.2, 0) is 10.0 Å². The third kappa shape index (κ3) is 2.79. The summed E-state index contributed by atoms with van der Waals surface area (Å²) < 4.78 is 26.2. The molecule has 2 aromatic rings. The molecule has 0 saturated heterocycles. The van der Waals surface area contributed by atoms with Crippen molar-refractivity contribution in [3.8, 4) is 0 Å². The number of hydrogen-bond donors (Lipinski definition) is 2. The monoisotopic (exact) mass is 307 g/mol. The van der Waals surface area contributed by atoms with Gasteiger partial charge in [0.15, 0.2) is 0 Å². The van der Waals surface area contributed by atoms with Crippen LogP contribution in [-0.4, -0.2) is 31.5 Å². The van der Waals surface area contributed by atoms with Crippen LogP contribution in [0.2, 0.25) is 0 Å². The smallest absolute Gasteiger partial charge is 0.337 e. The Bertz CT molecular complexity index is 775. The van der Waals surface area contributed by atoms with Crippen molar-refractivity contribution >= 4 is 27.4 Å². The highest BCUT2D eigenvalue weighted by Gasteiger charge is 2.27. The lowest BCUT2D eigenvalue weighted by Gasteiger charge is -2.20. The Morgan fingerprint density at radius 2 is 1.86 bits per heavy atom. The van der Waals surface area contributed by atoms with Crippen molar-refractivity contribution in [2.45, 2.75) is 4.90 Å². The number of anilines is 2. The van der Waals surface area contributed by atoms with E-state index in [4.69, 9.17) is 10.8 Å². The van der Waals surface area contributed by atoms with Gasteiger partial charge < -0.3 is 10.8 Å². The first-order valence-electron chi connectivity index (χ1n) is 5.86. The molecule has 8 heteroatoms. The van der Waals surface area contributed by atoms with E-state index in [0.717, 1.165) is 10.4 Å². The molecule has 0 saturated carbocycles. The highest BCUT2D eigenvalue weighted by molar-refractivity contribution is 7.92. The van der Waals surface area contributed by atoms with E-state index in [-0.39, 0.29) is 16.1 Å². The molecular weight excluding hydrogens is 294 g/mol. The minimum atomic E-state index is -4.05. The Morgan fingerprint density at radius 3 is 2.43 bits per heavy atom. The molecule has 0 radical (unpaired) electrons. The van der Waals surface area contributed by atoms with Crippen molar-refractivity contribution < 1.29 is 18.3 Å². The van der Waals surface area contributed by atoms with Gasteiger partial charge >= 0.3 is 5.97 Å². The third-order valence-electron chi connectivity index (χ3n) is 2.90. The Kier molecular flexibility index (Phi) is 3.81. The van der Waals surface area contributed by atoms with Gasteiger partial charge in [-0.2, -0.15) is 0 Å². The third-order valence-corrected chi connectivity index (χ3v) is 4.73. The van der Waals surface area contributed by atoms with Gasteiger partial charge in [-0.05, 0) is 30.3 Å². The van der Waals surface area contributed by atoms with E-state index in [1.165, 1.54) is 43.7 Å². The van der Waals surface area contributed by atoms with Gasteiger partial charge in [-0.25, -0.2) is 13.2 Å². The standard InChI is InChI=1S/C13H13N3O4S/c1-16(10-4-6-15-7-5-10)21(19,20)12-8-9(14)2-3-11(12)13(17)18/h2-8H,14H2,1H3,(H,17,18). The molecule has 0 unspecified atom stereocenters. The maximum absolute atomic E-state index is 12.6. The number of benzene rings is 1. The van der Waals surface area contributed by atoms with Gasteiger partial charge in [0.1, 0.15) is 4.90 Å². The van der Waals surface area contributed by atoms with E-state index in [1.807, 2.05) is 0 Å². The number of nitrogen functional groups attached to an aromatic ring is 1. The number of hydrogen-bond acceptors (Lipinski definition) is 5. The number of carbonyl (C=O) groups is 1. The molecule has 0 amide bonds. The lowest BCUT2D eigenvalue weighted by Crippen LogP contribution is -2.28. The van der Waals surface area contributed by atoms with Crippen molar-refractivity contribution in [3.05, 3.63) is 48.3 Å². The number of sulfonamides is 1. The number of carboxylic acids is 1. The molecule has 0 atom stereocenters. The van der Waals surface area contributed by atoms with Crippen LogP contribution in [0.15, 0.2) is 47.6 Å². The highest BCUT2D eigenvalue weighted by atomic mass is 32.2. The summed E-state index contributed by atoms with van der Waals surface area (Å²) in [5.41, 5.74) is 5.78. The molecule has 0 fully saturated rings. The lowest BCUT2D eigenvalue weighted by molar-refractivity contribution is 0.0692. The predicted octanol–water partition coefficient (Wildman–Crippen LogP) is 1.19. The van der Waals surface area contributed by atoms with Gasteiger partial charge in [0.25, 0.3) is 10.0 Å². The summed E-state index contributed by atoms with van der Waals surface area (Å²) in [6.45, 7) is 0. The minimum absolute atomic E-state index is 0.168. The van der Waals surface area contributed by atoms with Crippen LogP contribution < -0.4 is 10.0 Å². The van der Waals surface area contributed by atoms with E-state index in [1.54, 1.807) is 0 Å². The number of pyridine rings is 1. The molecule has 0 spiro atoms. The van der Waals surface area contributed by atoms with Crippen molar-refractivity contribution in [2.75, 3.05) is 17.1 Å². The largest absolute Gasteiger partial charge is 0.478 e. The van der Waals surface area contributed by atoms with Crippen molar-refractivity contribution in [1.82, 2.24) is 4.98 Å². The fourth-order valence-corrected chi connectivity index (χ4v) is 3.18. The quantitative estimate of drug-likeness (QED) is 0.820. The van der Waals surface area contributed by atoms with Gasteiger partial charge in [-0.1, -0.05) is 0 Å². The molecule has 1 aromatic heterocycles. The molecule has 110 valence electrons. The molecule has 3 N–H and O–H groups in total. The lowest BCUT2D eigenvalue weighted by atomic mass is 10.2. The normalized spacial score (nSPS) is 11.1. The Hall–Kier alpha value is -2.61. The highest BCUT2D eigenvalue weighted by Crippen LogP contribution is 2.25. The zero-order valence-electron chi connectivity index (χ0n) is 11.1. The maximum atomic E-state index is 12.6. The van der Waals surface area contributed by atoms with Gasteiger partial charge in [0, 0.05) is 25.1 Å². The second-order valence-electron chi connectivity index (χ2n) is 4.24. The van der Waals surface area contributed by atoms with Crippen molar-refractivity contribution in [1.29, 1.82) is 0 Å². The van der Waals surface area contributed by atoms with E-state index in [2.05, 4.69) is 4.98 Å². The maximum Gasteiger partial charge on any atom is 0.337 e. The first-order chi connectivity index (χ1) is 9.84. The first-order valence-corrected chi connectivity index (χ1v) is 7.30. The van der Waals surface area contributed by atoms with Crippen LogP contribution >= 0.6 is 0 Å². The number of carboxylic acid groups (broad SMARTS) is 1. The summed E-state index contributed by atoms with van der Waals surface area (Å²) in [6.07, 6.45) is 2.89. The molecule has 1 aromatic carbocycles. The van der Waals surface area contributed by atoms with E-state index in [0.29, 0.717) is 5.69 Å². The topological polar surface area (TPSA) is 114 Å². The molecule has 1 heterocycles. The molecule has 2 rings (SSSR count). The molecule has 0 aliphatic carbocycles. The average Bonchev–Trinajstić information content (AvgIpc) is 2.47. The SMILES string of the molecule is CN(c1ccncc1)S(=O)(=O)c1cc(N)ccc1C(=O)O. The molecule has 0 aliphatic heterocycles. The van der Waals surface area contributed by atoms with Crippen LogP contribution in [0.4, 0.5) is 11.4 Å². The van der Waals surface area contributed by atoms with Crippen LogP contribution in [0.1, 0.15) is 10.4 Å². The van der Waals surface area contributed by atoms with E-state index < -0.39 is 16.0 Å². The fraction of sp³-hybridized carbons (Fsp3) is 0.0769. The van der Waals surface area contributed by atoms with Gasteiger partial charge in [0.05, 0.1) is 11.3 Å². The molecule has 7 nitrogen and oxygen atoms in total. The zero-order valence-corrected chi connectivity index (χ0v) is 11.9. The summed E-state index contributed by atoms with van der Waals surface area (Å²) in [4.78, 5) is 14.7. The number of aromatic nitrogens is 1.